The lowest BCUT2D eigenvalue weighted by Crippen LogP contribution is -2.42. The summed E-state index contributed by atoms with van der Waals surface area (Å²) in [6, 6.07) is 4.90. The van der Waals surface area contributed by atoms with Gasteiger partial charge in [-0.1, -0.05) is 6.07 Å². The number of rotatable bonds is 9. The van der Waals surface area contributed by atoms with E-state index in [1.54, 1.807) is 12.1 Å². The van der Waals surface area contributed by atoms with Crippen LogP contribution in [0, 0.1) is 16.0 Å². The van der Waals surface area contributed by atoms with Crippen molar-refractivity contribution in [2.45, 2.75) is 24.6 Å². The van der Waals surface area contributed by atoms with E-state index in [1.807, 2.05) is 0 Å². The summed E-state index contributed by atoms with van der Waals surface area (Å²) in [4.78, 5) is 22.4. The summed E-state index contributed by atoms with van der Waals surface area (Å²) in [5.74, 6) is 1.55. The van der Waals surface area contributed by atoms with Crippen molar-refractivity contribution in [3.63, 3.8) is 0 Å². The molecule has 134 valence electrons. The number of amides is 1. The highest BCUT2D eigenvalue weighted by molar-refractivity contribution is 7.99. The third-order valence-electron chi connectivity index (χ3n) is 3.73. The van der Waals surface area contributed by atoms with Crippen LogP contribution >= 0.6 is 24.2 Å². The third-order valence-corrected chi connectivity index (χ3v) is 4.74. The number of carbonyl (C=O) groups is 1. The Balaban J connectivity index is 0.00000288. The van der Waals surface area contributed by atoms with E-state index in [0.29, 0.717) is 24.0 Å². The standard InChI is InChI=1S/C15H21N3O4S.ClH/c1-22-14-5-2-10(6-13(14)18(20)21)8-23-9-15(19)17-12(7-16)11-3-4-11;/h2,5-6,11-12H,3-4,7-9,16H2,1H3,(H,17,19);1H. The lowest BCUT2D eigenvalue weighted by atomic mass is 10.2. The van der Waals surface area contributed by atoms with Gasteiger partial charge in [0.25, 0.3) is 0 Å². The molecule has 0 heterocycles. The van der Waals surface area contributed by atoms with Crippen molar-refractivity contribution in [1.82, 2.24) is 5.32 Å². The van der Waals surface area contributed by atoms with Crippen LogP contribution in [0.2, 0.25) is 0 Å². The number of halogens is 1. The molecule has 1 atom stereocenters. The Bertz CT molecular complexity index is 584. The monoisotopic (exact) mass is 375 g/mol. The summed E-state index contributed by atoms with van der Waals surface area (Å²) in [7, 11) is 1.40. The van der Waals surface area contributed by atoms with Crippen LogP contribution in [0.5, 0.6) is 5.75 Å². The molecule has 7 nitrogen and oxygen atoms in total. The number of thioether (sulfide) groups is 1. The van der Waals surface area contributed by atoms with Crippen molar-refractivity contribution in [2.24, 2.45) is 11.7 Å². The highest BCUT2D eigenvalue weighted by Gasteiger charge is 2.31. The maximum atomic E-state index is 11.9. The molecule has 1 unspecified atom stereocenters. The topological polar surface area (TPSA) is 107 Å². The first-order chi connectivity index (χ1) is 11.0. The van der Waals surface area contributed by atoms with E-state index in [0.717, 1.165) is 18.4 Å². The summed E-state index contributed by atoms with van der Waals surface area (Å²) < 4.78 is 4.96. The second kappa shape index (κ2) is 9.71. The van der Waals surface area contributed by atoms with E-state index in [1.165, 1.54) is 24.9 Å². The van der Waals surface area contributed by atoms with Gasteiger partial charge in [-0.05, 0) is 30.4 Å². The van der Waals surface area contributed by atoms with Gasteiger partial charge in [0, 0.05) is 24.4 Å². The Labute approximate surface area is 151 Å². The molecule has 1 aromatic carbocycles. The number of hydrogen-bond acceptors (Lipinski definition) is 6. The SMILES string of the molecule is COc1ccc(CSCC(=O)NC(CN)C2CC2)cc1[N+](=O)[O-].Cl. The molecule has 1 saturated carbocycles. The van der Waals surface area contributed by atoms with E-state index in [2.05, 4.69) is 5.32 Å². The van der Waals surface area contributed by atoms with Gasteiger partial charge < -0.3 is 15.8 Å². The molecule has 1 amide bonds. The maximum absolute atomic E-state index is 11.9. The fourth-order valence-corrected chi connectivity index (χ4v) is 3.13. The van der Waals surface area contributed by atoms with Gasteiger partial charge in [0.2, 0.25) is 5.91 Å². The normalized spacial score (nSPS) is 14.4. The zero-order valence-corrected chi connectivity index (χ0v) is 15.0. The van der Waals surface area contributed by atoms with Gasteiger partial charge >= 0.3 is 5.69 Å². The van der Waals surface area contributed by atoms with Crippen LogP contribution in [0.4, 0.5) is 5.69 Å². The van der Waals surface area contributed by atoms with Crippen LogP contribution in [0.15, 0.2) is 18.2 Å². The highest BCUT2D eigenvalue weighted by Crippen LogP contribution is 2.32. The number of nitrogens with zero attached hydrogens (tertiary/aromatic N) is 1. The zero-order chi connectivity index (χ0) is 16.8. The van der Waals surface area contributed by atoms with Gasteiger partial charge in [-0.25, -0.2) is 0 Å². The molecular weight excluding hydrogens is 354 g/mol. The van der Waals surface area contributed by atoms with Gasteiger partial charge in [0.15, 0.2) is 5.75 Å². The van der Waals surface area contributed by atoms with Crippen molar-refractivity contribution >= 4 is 35.8 Å². The first kappa shape index (κ1) is 20.5. The Hall–Kier alpha value is -1.51. The maximum Gasteiger partial charge on any atom is 0.311 e. The number of nitro benzene ring substituents is 1. The van der Waals surface area contributed by atoms with Crippen molar-refractivity contribution < 1.29 is 14.5 Å². The van der Waals surface area contributed by atoms with E-state index in [9.17, 15) is 14.9 Å². The van der Waals surface area contributed by atoms with Gasteiger partial charge in [-0.3, -0.25) is 14.9 Å². The number of hydrogen-bond donors (Lipinski definition) is 2. The van der Waals surface area contributed by atoms with Crippen LogP contribution in [0.3, 0.4) is 0 Å². The highest BCUT2D eigenvalue weighted by atomic mass is 35.5. The average molecular weight is 376 g/mol. The molecule has 0 saturated heterocycles. The Morgan fingerprint density at radius 3 is 2.79 bits per heavy atom. The number of carbonyl (C=O) groups excluding carboxylic acids is 1. The van der Waals surface area contributed by atoms with Crippen LogP contribution < -0.4 is 15.8 Å². The Morgan fingerprint density at radius 2 is 2.25 bits per heavy atom. The average Bonchev–Trinajstić information content (AvgIpc) is 3.37. The van der Waals surface area contributed by atoms with Crippen molar-refractivity contribution in [3.05, 3.63) is 33.9 Å². The molecule has 0 radical (unpaired) electrons. The van der Waals surface area contributed by atoms with E-state index in [4.69, 9.17) is 10.5 Å². The second-order valence-corrected chi connectivity index (χ2v) is 6.49. The van der Waals surface area contributed by atoms with Crippen LogP contribution in [-0.4, -0.2) is 36.3 Å². The first-order valence-corrected chi connectivity index (χ1v) is 8.59. The van der Waals surface area contributed by atoms with E-state index < -0.39 is 4.92 Å². The molecule has 1 aliphatic carbocycles. The molecule has 2 rings (SSSR count). The summed E-state index contributed by atoms with van der Waals surface area (Å²) in [5.41, 5.74) is 6.38. The molecule has 24 heavy (non-hydrogen) atoms. The number of nitro groups is 1. The summed E-state index contributed by atoms with van der Waals surface area (Å²) in [5, 5.41) is 13.9. The molecule has 0 aliphatic heterocycles. The number of nitrogens with one attached hydrogen (secondary N) is 1. The molecule has 1 aliphatic rings. The van der Waals surface area contributed by atoms with E-state index in [-0.39, 0.29) is 35.8 Å². The number of benzene rings is 1. The van der Waals surface area contributed by atoms with Crippen molar-refractivity contribution in [1.29, 1.82) is 0 Å². The second-order valence-electron chi connectivity index (χ2n) is 5.50. The largest absolute Gasteiger partial charge is 0.490 e. The van der Waals surface area contributed by atoms with Crippen LogP contribution in [0.25, 0.3) is 0 Å². The molecule has 0 aromatic heterocycles. The molecule has 3 N–H and O–H groups in total. The number of ether oxygens (including phenoxy) is 1. The first-order valence-electron chi connectivity index (χ1n) is 7.43. The molecule has 9 heteroatoms. The van der Waals surface area contributed by atoms with Gasteiger partial charge in [0.1, 0.15) is 0 Å². The van der Waals surface area contributed by atoms with E-state index >= 15 is 0 Å². The fourth-order valence-electron chi connectivity index (χ4n) is 2.35. The fraction of sp³-hybridized carbons (Fsp3) is 0.533. The molecule has 0 bridgehead atoms. The summed E-state index contributed by atoms with van der Waals surface area (Å²) in [6.07, 6.45) is 2.26. The Morgan fingerprint density at radius 1 is 1.54 bits per heavy atom. The third kappa shape index (κ3) is 5.85. The number of methoxy groups -OCH3 is 1. The summed E-state index contributed by atoms with van der Waals surface area (Å²) >= 11 is 1.42. The number of nitrogens with two attached hydrogens (primary N) is 1. The molecule has 0 spiro atoms. The predicted molar refractivity (Wildman–Crippen MR) is 96.8 cm³/mol. The minimum Gasteiger partial charge on any atom is -0.490 e. The predicted octanol–water partition coefficient (Wildman–Crippen LogP) is 2.11. The van der Waals surface area contributed by atoms with Gasteiger partial charge in [-0.2, -0.15) is 0 Å². The van der Waals surface area contributed by atoms with Crippen molar-refractivity contribution in [2.75, 3.05) is 19.4 Å². The smallest absolute Gasteiger partial charge is 0.311 e. The van der Waals surface area contributed by atoms with Gasteiger partial charge in [0.05, 0.1) is 17.8 Å². The minimum absolute atomic E-state index is 0. The quantitative estimate of drug-likeness (QED) is 0.505. The van der Waals surface area contributed by atoms with Crippen LogP contribution in [0.1, 0.15) is 18.4 Å². The van der Waals surface area contributed by atoms with Crippen molar-refractivity contribution in [3.8, 4) is 5.75 Å². The lowest BCUT2D eigenvalue weighted by molar-refractivity contribution is -0.385. The molecule has 1 fully saturated rings. The zero-order valence-electron chi connectivity index (χ0n) is 13.4. The lowest BCUT2D eigenvalue weighted by Gasteiger charge is -2.15. The summed E-state index contributed by atoms with van der Waals surface area (Å²) in [6.45, 7) is 0.464. The molecular formula is C15H22ClN3O4S. The Kier molecular flexibility index (Phi) is 8.30. The molecule has 1 aromatic rings. The minimum atomic E-state index is -0.471. The van der Waals surface area contributed by atoms with Crippen LogP contribution in [-0.2, 0) is 10.5 Å². The van der Waals surface area contributed by atoms with Gasteiger partial charge in [-0.15, -0.1) is 24.2 Å².